The van der Waals surface area contributed by atoms with Crippen molar-refractivity contribution < 1.29 is 21.6 Å². The molecule has 7 nitrogen and oxygen atoms in total. The fourth-order valence-corrected chi connectivity index (χ4v) is 5.07. The molecular formula is C16H24N2O5S2. The van der Waals surface area contributed by atoms with E-state index in [1.807, 2.05) is 0 Å². The van der Waals surface area contributed by atoms with E-state index in [9.17, 15) is 21.6 Å². The summed E-state index contributed by atoms with van der Waals surface area (Å²) in [5.74, 6) is -0.725. The van der Waals surface area contributed by atoms with Crippen molar-refractivity contribution in [3.63, 3.8) is 0 Å². The van der Waals surface area contributed by atoms with Gasteiger partial charge in [-0.1, -0.05) is 20.8 Å². The number of amides is 1. The van der Waals surface area contributed by atoms with Crippen LogP contribution in [0.3, 0.4) is 0 Å². The summed E-state index contributed by atoms with van der Waals surface area (Å²) in [6.07, 6.45) is 1.56. The van der Waals surface area contributed by atoms with E-state index in [-0.39, 0.29) is 28.2 Å². The van der Waals surface area contributed by atoms with E-state index in [1.54, 1.807) is 0 Å². The number of hydrogen-bond donors (Lipinski definition) is 1. The minimum absolute atomic E-state index is 0.0380. The van der Waals surface area contributed by atoms with Gasteiger partial charge in [0.05, 0.1) is 16.3 Å². The molecule has 0 unspecified atom stereocenters. The molecule has 0 spiro atoms. The van der Waals surface area contributed by atoms with Crippen LogP contribution in [0, 0.1) is 5.41 Å². The zero-order valence-corrected chi connectivity index (χ0v) is 16.3. The standard InChI is InChI=1S/C16H24N2O5S2/c1-16(2,3)10-4-11-17-25(22,23)14-7-5-13(6-8-14)18-15(19)9-12-24(18,20)21/h5-8,17H,4,9-12H2,1-3H3. The second-order valence-electron chi connectivity index (χ2n) is 7.28. The summed E-state index contributed by atoms with van der Waals surface area (Å²) in [6, 6.07) is 5.29. The van der Waals surface area contributed by atoms with E-state index in [4.69, 9.17) is 0 Å². The Morgan fingerprint density at radius 2 is 1.76 bits per heavy atom. The van der Waals surface area contributed by atoms with Crippen LogP contribution < -0.4 is 9.03 Å². The third-order valence-corrected chi connectivity index (χ3v) is 7.02. The summed E-state index contributed by atoms with van der Waals surface area (Å²) in [5, 5.41) is 0. The SMILES string of the molecule is CC(C)(C)CCCNS(=O)(=O)c1ccc(N2C(=O)CCS2(=O)=O)cc1. The predicted octanol–water partition coefficient (Wildman–Crippen LogP) is 1.86. The Bertz CT molecular complexity index is 838. The summed E-state index contributed by atoms with van der Waals surface area (Å²) in [5.41, 5.74) is 0.301. The van der Waals surface area contributed by atoms with E-state index in [0.29, 0.717) is 6.54 Å². The lowest BCUT2D eigenvalue weighted by atomic mass is 9.91. The Balaban J connectivity index is 2.07. The number of anilines is 1. The first-order valence-electron chi connectivity index (χ1n) is 8.08. The topological polar surface area (TPSA) is 101 Å². The number of nitrogens with zero attached hydrogens (tertiary/aromatic N) is 1. The third kappa shape index (κ3) is 5.02. The second-order valence-corrected chi connectivity index (χ2v) is 11.0. The molecule has 1 amide bonds. The maximum atomic E-state index is 12.3. The molecule has 0 bridgehead atoms. The number of carbonyl (C=O) groups is 1. The van der Waals surface area contributed by atoms with Crippen LogP contribution in [0.15, 0.2) is 29.2 Å². The van der Waals surface area contributed by atoms with Crippen LogP contribution in [0.25, 0.3) is 0 Å². The zero-order chi connectivity index (χ0) is 18.9. The highest BCUT2D eigenvalue weighted by Crippen LogP contribution is 2.26. The molecule has 1 aliphatic rings. The summed E-state index contributed by atoms with van der Waals surface area (Å²) in [4.78, 5) is 11.8. The number of sulfonamides is 2. The number of benzene rings is 1. The first-order chi connectivity index (χ1) is 11.4. The van der Waals surface area contributed by atoms with Gasteiger partial charge in [0.2, 0.25) is 26.0 Å². The monoisotopic (exact) mass is 388 g/mol. The molecule has 1 aromatic carbocycles. The van der Waals surface area contributed by atoms with Gasteiger partial charge in [-0.25, -0.2) is 25.9 Å². The predicted molar refractivity (Wildman–Crippen MR) is 96.2 cm³/mol. The molecule has 1 aliphatic heterocycles. The van der Waals surface area contributed by atoms with Crippen LogP contribution in [0.1, 0.15) is 40.0 Å². The molecule has 0 atom stereocenters. The summed E-state index contributed by atoms with van der Waals surface area (Å²) in [6.45, 7) is 6.61. The average Bonchev–Trinajstić information content (AvgIpc) is 2.76. The van der Waals surface area contributed by atoms with Crippen molar-refractivity contribution in [1.29, 1.82) is 0 Å². The van der Waals surface area contributed by atoms with Gasteiger partial charge in [-0.3, -0.25) is 4.79 Å². The van der Waals surface area contributed by atoms with Gasteiger partial charge in [0.1, 0.15) is 0 Å². The number of rotatable bonds is 6. The van der Waals surface area contributed by atoms with E-state index in [0.717, 1.165) is 17.1 Å². The van der Waals surface area contributed by atoms with Gasteiger partial charge in [0.25, 0.3) is 0 Å². The van der Waals surface area contributed by atoms with Crippen LogP contribution in [-0.2, 0) is 24.8 Å². The van der Waals surface area contributed by atoms with Gasteiger partial charge in [0.15, 0.2) is 0 Å². The van der Waals surface area contributed by atoms with E-state index in [1.165, 1.54) is 24.3 Å². The minimum atomic E-state index is -3.66. The van der Waals surface area contributed by atoms with Crippen LogP contribution in [0.5, 0.6) is 0 Å². The molecule has 9 heteroatoms. The summed E-state index contributed by atoms with van der Waals surface area (Å²) in [7, 11) is -7.31. The maximum absolute atomic E-state index is 12.3. The smallest absolute Gasteiger partial charge is 0.242 e. The Hall–Kier alpha value is -1.45. The van der Waals surface area contributed by atoms with Crippen molar-refractivity contribution in [3.05, 3.63) is 24.3 Å². The molecule has 0 saturated carbocycles. The average molecular weight is 389 g/mol. The molecule has 2 rings (SSSR count). The fraction of sp³-hybridized carbons (Fsp3) is 0.562. The van der Waals surface area contributed by atoms with Gasteiger partial charge in [-0.05, 0) is 42.5 Å². The van der Waals surface area contributed by atoms with Crippen molar-refractivity contribution in [1.82, 2.24) is 4.72 Å². The van der Waals surface area contributed by atoms with Crippen LogP contribution >= 0.6 is 0 Å². The van der Waals surface area contributed by atoms with Crippen LogP contribution in [0.2, 0.25) is 0 Å². The van der Waals surface area contributed by atoms with Gasteiger partial charge >= 0.3 is 0 Å². The van der Waals surface area contributed by atoms with Crippen LogP contribution in [0.4, 0.5) is 5.69 Å². The Labute approximate surface area is 149 Å². The molecule has 1 saturated heterocycles. The molecule has 1 heterocycles. The van der Waals surface area contributed by atoms with Crippen LogP contribution in [-0.4, -0.2) is 35.0 Å². The van der Waals surface area contributed by atoms with Gasteiger partial charge < -0.3 is 0 Å². The quantitative estimate of drug-likeness (QED) is 0.750. The van der Waals surface area contributed by atoms with Crippen molar-refractivity contribution in [2.24, 2.45) is 5.41 Å². The van der Waals surface area contributed by atoms with Gasteiger partial charge in [0, 0.05) is 13.0 Å². The molecule has 1 N–H and O–H groups in total. The fourth-order valence-electron chi connectivity index (χ4n) is 2.54. The molecule has 0 aromatic heterocycles. The second kappa shape index (κ2) is 7.05. The molecule has 1 fully saturated rings. The molecule has 1 aromatic rings. The Kier molecular flexibility index (Phi) is 5.60. The highest BCUT2D eigenvalue weighted by Gasteiger charge is 2.36. The molecular weight excluding hydrogens is 364 g/mol. The summed E-state index contributed by atoms with van der Waals surface area (Å²) < 4.78 is 51.6. The van der Waals surface area contributed by atoms with Gasteiger partial charge in [-0.15, -0.1) is 0 Å². The van der Waals surface area contributed by atoms with Crippen molar-refractivity contribution >= 4 is 31.6 Å². The lowest BCUT2D eigenvalue weighted by Crippen LogP contribution is -2.29. The van der Waals surface area contributed by atoms with Crippen molar-refractivity contribution in [2.45, 2.75) is 44.9 Å². The van der Waals surface area contributed by atoms with Crippen molar-refractivity contribution in [2.75, 3.05) is 16.6 Å². The highest BCUT2D eigenvalue weighted by molar-refractivity contribution is 7.94. The number of carbonyl (C=O) groups excluding carboxylic acids is 1. The highest BCUT2D eigenvalue weighted by atomic mass is 32.2. The van der Waals surface area contributed by atoms with E-state index < -0.39 is 26.0 Å². The normalized spacial score (nSPS) is 17.9. The molecule has 0 aliphatic carbocycles. The zero-order valence-electron chi connectivity index (χ0n) is 14.6. The Morgan fingerprint density at radius 3 is 2.24 bits per heavy atom. The van der Waals surface area contributed by atoms with E-state index in [2.05, 4.69) is 25.5 Å². The first kappa shape index (κ1) is 19.9. The third-order valence-electron chi connectivity index (χ3n) is 3.86. The molecule has 25 heavy (non-hydrogen) atoms. The number of nitrogens with one attached hydrogen (secondary N) is 1. The lowest BCUT2D eigenvalue weighted by molar-refractivity contribution is -0.116. The first-order valence-corrected chi connectivity index (χ1v) is 11.2. The van der Waals surface area contributed by atoms with Crippen molar-refractivity contribution in [3.8, 4) is 0 Å². The summed E-state index contributed by atoms with van der Waals surface area (Å²) >= 11 is 0. The maximum Gasteiger partial charge on any atom is 0.242 e. The number of hydrogen-bond acceptors (Lipinski definition) is 5. The van der Waals surface area contributed by atoms with E-state index >= 15 is 0 Å². The van der Waals surface area contributed by atoms with Gasteiger partial charge in [-0.2, -0.15) is 0 Å². The minimum Gasteiger partial charge on any atom is -0.273 e. The molecule has 140 valence electrons. The molecule has 0 radical (unpaired) electrons. The Morgan fingerprint density at radius 1 is 1.16 bits per heavy atom. The lowest BCUT2D eigenvalue weighted by Gasteiger charge is -2.18. The largest absolute Gasteiger partial charge is 0.273 e.